The summed E-state index contributed by atoms with van der Waals surface area (Å²) in [7, 11) is -2.52. The summed E-state index contributed by atoms with van der Waals surface area (Å²) in [5.74, 6) is -0.483. The SMILES string of the molecule is CNC(=O)c1cc(S(=O)(=O)c2ccc(Cl)nc2)n(-c2ccccc2C)n1. The van der Waals surface area contributed by atoms with Crippen molar-refractivity contribution >= 4 is 27.3 Å². The summed E-state index contributed by atoms with van der Waals surface area (Å²) in [6.45, 7) is 1.83. The average molecular weight is 391 g/mol. The van der Waals surface area contributed by atoms with E-state index in [1.807, 2.05) is 19.1 Å². The van der Waals surface area contributed by atoms with Crippen LogP contribution in [-0.2, 0) is 9.84 Å². The molecule has 0 radical (unpaired) electrons. The number of para-hydroxylation sites is 1. The van der Waals surface area contributed by atoms with Crippen molar-refractivity contribution in [3.63, 3.8) is 0 Å². The number of halogens is 1. The molecule has 1 aromatic carbocycles. The van der Waals surface area contributed by atoms with Crippen molar-refractivity contribution in [2.24, 2.45) is 0 Å². The Morgan fingerprint density at radius 2 is 1.92 bits per heavy atom. The van der Waals surface area contributed by atoms with Gasteiger partial charge in [0.05, 0.1) is 10.6 Å². The molecule has 0 spiro atoms. The third-order valence-electron chi connectivity index (χ3n) is 3.77. The first-order valence-electron chi connectivity index (χ1n) is 7.59. The van der Waals surface area contributed by atoms with E-state index >= 15 is 0 Å². The first-order valence-corrected chi connectivity index (χ1v) is 9.45. The Bertz CT molecular complexity index is 1080. The van der Waals surface area contributed by atoms with Crippen LogP contribution in [0.5, 0.6) is 0 Å². The molecule has 1 N–H and O–H groups in total. The summed E-state index contributed by atoms with van der Waals surface area (Å²) in [5.41, 5.74) is 1.36. The zero-order chi connectivity index (χ0) is 18.9. The molecule has 2 aromatic heterocycles. The minimum Gasteiger partial charge on any atom is -0.354 e. The minimum absolute atomic E-state index is 0.00347. The monoisotopic (exact) mass is 390 g/mol. The molecule has 0 aliphatic rings. The molecular weight excluding hydrogens is 376 g/mol. The average Bonchev–Trinajstić information content (AvgIpc) is 3.08. The number of aryl methyl sites for hydroxylation is 1. The maximum atomic E-state index is 13.1. The summed E-state index contributed by atoms with van der Waals surface area (Å²) < 4.78 is 27.5. The molecule has 0 bridgehead atoms. The normalized spacial score (nSPS) is 11.3. The maximum absolute atomic E-state index is 13.1. The van der Waals surface area contributed by atoms with Crippen LogP contribution in [0.1, 0.15) is 16.1 Å². The van der Waals surface area contributed by atoms with E-state index in [9.17, 15) is 13.2 Å². The van der Waals surface area contributed by atoms with Crippen molar-refractivity contribution < 1.29 is 13.2 Å². The molecule has 0 unspecified atom stereocenters. The fourth-order valence-corrected chi connectivity index (χ4v) is 3.84. The smallest absolute Gasteiger partial charge is 0.271 e. The Morgan fingerprint density at radius 1 is 1.19 bits per heavy atom. The first-order chi connectivity index (χ1) is 12.3. The highest BCUT2D eigenvalue weighted by molar-refractivity contribution is 7.91. The Balaban J connectivity index is 2.26. The Labute approximate surface area is 155 Å². The zero-order valence-electron chi connectivity index (χ0n) is 14.0. The molecule has 0 aliphatic carbocycles. The van der Waals surface area contributed by atoms with E-state index in [1.165, 1.54) is 36.1 Å². The Hall–Kier alpha value is -2.71. The highest BCUT2D eigenvalue weighted by Crippen LogP contribution is 2.26. The lowest BCUT2D eigenvalue weighted by atomic mass is 10.2. The zero-order valence-corrected chi connectivity index (χ0v) is 15.5. The van der Waals surface area contributed by atoms with Gasteiger partial charge in [0.2, 0.25) is 9.84 Å². The van der Waals surface area contributed by atoms with Gasteiger partial charge in [0.1, 0.15) is 5.15 Å². The van der Waals surface area contributed by atoms with Crippen LogP contribution >= 0.6 is 11.6 Å². The van der Waals surface area contributed by atoms with Gasteiger partial charge in [0.25, 0.3) is 5.91 Å². The second-order valence-electron chi connectivity index (χ2n) is 5.47. The summed E-state index contributed by atoms with van der Waals surface area (Å²) in [6, 6.07) is 11.2. The molecule has 0 atom stereocenters. The molecule has 3 rings (SSSR count). The van der Waals surface area contributed by atoms with Crippen LogP contribution in [0.25, 0.3) is 5.69 Å². The number of benzene rings is 1. The largest absolute Gasteiger partial charge is 0.354 e. The molecule has 1 amide bonds. The summed E-state index contributed by atoms with van der Waals surface area (Å²) in [6.07, 6.45) is 1.17. The molecule has 0 saturated heterocycles. The Morgan fingerprint density at radius 3 is 2.54 bits per heavy atom. The number of sulfone groups is 1. The van der Waals surface area contributed by atoms with Crippen LogP contribution in [0, 0.1) is 6.92 Å². The van der Waals surface area contributed by atoms with Crippen molar-refractivity contribution in [1.29, 1.82) is 0 Å². The number of amides is 1. The van der Waals surface area contributed by atoms with Gasteiger partial charge in [0, 0.05) is 19.3 Å². The van der Waals surface area contributed by atoms with E-state index in [0.717, 1.165) is 5.56 Å². The van der Waals surface area contributed by atoms with Gasteiger partial charge >= 0.3 is 0 Å². The van der Waals surface area contributed by atoms with Crippen LogP contribution in [-0.4, -0.2) is 36.1 Å². The van der Waals surface area contributed by atoms with Gasteiger partial charge in [-0.1, -0.05) is 29.8 Å². The third kappa shape index (κ3) is 3.21. The van der Waals surface area contributed by atoms with Crippen molar-refractivity contribution in [3.8, 4) is 5.69 Å². The number of hydrogen-bond acceptors (Lipinski definition) is 5. The summed E-state index contributed by atoms with van der Waals surface area (Å²) in [5, 5.41) is 6.70. The molecular formula is C17H15ClN4O3S. The number of carbonyl (C=O) groups is 1. The molecule has 3 aromatic rings. The highest BCUT2D eigenvalue weighted by atomic mass is 35.5. The van der Waals surface area contributed by atoms with Crippen molar-refractivity contribution in [3.05, 3.63) is 65.1 Å². The third-order valence-corrected chi connectivity index (χ3v) is 5.69. The summed E-state index contributed by atoms with van der Waals surface area (Å²) >= 11 is 5.74. The number of nitrogens with one attached hydrogen (secondary N) is 1. The predicted molar refractivity (Wildman–Crippen MR) is 96.4 cm³/mol. The van der Waals surface area contributed by atoms with E-state index < -0.39 is 15.7 Å². The maximum Gasteiger partial charge on any atom is 0.271 e. The lowest BCUT2D eigenvalue weighted by molar-refractivity contribution is 0.0957. The molecule has 0 fully saturated rings. The predicted octanol–water partition coefficient (Wildman–Crippen LogP) is 2.42. The molecule has 0 saturated carbocycles. The van der Waals surface area contributed by atoms with Crippen LogP contribution < -0.4 is 5.32 Å². The second kappa shape index (κ2) is 6.89. The molecule has 7 nitrogen and oxygen atoms in total. The standard InChI is InChI=1S/C17H15ClN4O3S/c1-11-5-3-4-6-14(11)22-16(9-13(21-22)17(23)19-2)26(24,25)12-7-8-15(18)20-10-12/h3-10H,1-2H3,(H,19,23). The number of rotatable bonds is 4. The van der Waals surface area contributed by atoms with E-state index in [1.54, 1.807) is 12.1 Å². The van der Waals surface area contributed by atoms with Crippen LogP contribution in [0.4, 0.5) is 0 Å². The number of carbonyl (C=O) groups excluding carboxylic acids is 1. The van der Waals surface area contributed by atoms with Crippen LogP contribution in [0.15, 0.2) is 58.6 Å². The second-order valence-corrected chi connectivity index (χ2v) is 7.75. The van der Waals surface area contributed by atoms with E-state index in [2.05, 4.69) is 15.4 Å². The molecule has 0 aliphatic heterocycles. The quantitative estimate of drug-likeness (QED) is 0.690. The van der Waals surface area contributed by atoms with Crippen LogP contribution in [0.2, 0.25) is 5.15 Å². The highest BCUT2D eigenvalue weighted by Gasteiger charge is 2.27. The fourth-order valence-electron chi connectivity index (χ4n) is 2.41. The topological polar surface area (TPSA) is 94.0 Å². The lowest BCUT2D eigenvalue weighted by Gasteiger charge is -2.10. The van der Waals surface area contributed by atoms with E-state index in [4.69, 9.17) is 11.6 Å². The summed E-state index contributed by atoms with van der Waals surface area (Å²) in [4.78, 5) is 15.8. The number of pyridine rings is 1. The van der Waals surface area contributed by atoms with Crippen LogP contribution in [0.3, 0.4) is 0 Å². The molecule has 26 heavy (non-hydrogen) atoms. The van der Waals surface area contributed by atoms with Crippen molar-refractivity contribution in [2.45, 2.75) is 16.8 Å². The minimum atomic E-state index is -3.97. The van der Waals surface area contributed by atoms with Crippen molar-refractivity contribution in [2.75, 3.05) is 7.05 Å². The first kappa shape index (κ1) is 18.1. The molecule has 2 heterocycles. The number of nitrogens with zero attached hydrogens (tertiary/aromatic N) is 3. The molecule has 134 valence electrons. The number of aromatic nitrogens is 3. The lowest BCUT2D eigenvalue weighted by Crippen LogP contribution is -2.18. The van der Waals surface area contributed by atoms with Gasteiger partial charge in [-0.05, 0) is 30.7 Å². The van der Waals surface area contributed by atoms with Crippen molar-refractivity contribution in [1.82, 2.24) is 20.1 Å². The van der Waals surface area contributed by atoms with Gasteiger partial charge in [-0.25, -0.2) is 18.1 Å². The van der Waals surface area contributed by atoms with Gasteiger partial charge in [-0.3, -0.25) is 4.79 Å². The van der Waals surface area contributed by atoms with Gasteiger partial charge in [-0.15, -0.1) is 0 Å². The van der Waals surface area contributed by atoms with E-state index in [-0.39, 0.29) is 20.8 Å². The molecule has 9 heteroatoms. The van der Waals surface area contributed by atoms with Gasteiger partial charge in [-0.2, -0.15) is 5.10 Å². The fraction of sp³-hybridized carbons (Fsp3) is 0.118. The Kier molecular flexibility index (Phi) is 4.80. The van der Waals surface area contributed by atoms with Gasteiger partial charge in [0.15, 0.2) is 10.7 Å². The number of hydrogen-bond donors (Lipinski definition) is 1. The van der Waals surface area contributed by atoms with Gasteiger partial charge < -0.3 is 5.32 Å². The van der Waals surface area contributed by atoms with E-state index in [0.29, 0.717) is 5.69 Å².